The molecule has 0 fully saturated rings. The number of hydrogen-bond donors (Lipinski definition) is 1. The summed E-state index contributed by atoms with van der Waals surface area (Å²) in [6.07, 6.45) is 1.39. The van der Waals surface area contributed by atoms with Crippen molar-refractivity contribution in [3.05, 3.63) is 58.5 Å². The van der Waals surface area contributed by atoms with Gasteiger partial charge in [0, 0.05) is 11.8 Å². The molecule has 2 aromatic carbocycles. The lowest BCUT2D eigenvalue weighted by molar-refractivity contribution is 0.0601. The summed E-state index contributed by atoms with van der Waals surface area (Å²) in [5.74, 6) is -0.475. The standard InChI is InChI=1S/C15H12N2O4/c1-21-15(19)10-3-2-4-12(7-10)16-9-11-8-13(17-20)5-6-14(11)18/h2-9,18H,1H3. The predicted molar refractivity (Wildman–Crippen MR) is 78.6 cm³/mol. The van der Waals surface area contributed by atoms with Crippen molar-refractivity contribution in [1.82, 2.24) is 0 Å². The van der Waals surface area contributed by atoms with Gasteiger partial charge in [0.05, 0.1) is 18.4 Å². The van der Waals surface area contributed by atoms with Crippen molar-refractivity contribution in [1.29, 1.82) is 0 Å². The van der Waals surface area contributed by atoms with Gasteiger partial charge in [-0.1, -0.05) is 6.07 Å². The number of carbonyl (C=O) groups is 1. The molecule has 1 N–H and O–H groups in total. The topological polar surface area (TPSA) is 88.3 Å². The van der Waals surface area contributed by atoms with Gasteiger partial charge in [-0.05, 0) is 41.6 Å². The fraction of sp³-hybridized carbons (Fsp3) is 0.0667. The summed E-state index contributed by atoms with van der Waals surface area (Å²) < 4.78 is 4.63. The van der Waals surface area contributed by atoms with Crippen LogP contribution in [0, 0.1) is 4.91 Å². The zero-order valence-electron chi connectivity index (χ0n) is 11.2. The molecule has 0 bridgehead atoms. The molecule has 0 unspecified atom stereocenters. The van der Waals surface area contributed by atoms with E-state index in [-0.39, 0.29) is 11.4 Å². The van der Waals surface area contributed by atoms with Gasteiger partial charge in [0.1, 0.15) is 11.4 Å². The van der Waals surface area contributed by atoms with Gasteiger partial charge in [-0.2, -0.15) is 0 Å². The van der Waals surface area contributed by atoms with Crippen LogP contribution in [0.15, 0.2) is 52.6 Å². The van der Waals surface area contributed by atoms with Crippen LogP contribution in [0.1, 0.15) is 15.9 Å². The van der Waals surface area contributed by atoms with Crippen molar-refractivity contribution in [2.45, 2.75) is 0 Å². The van der Waals surface area contributed by atoms with Crippen LogP contribution < -0.4 is 0 Å². The van der Waals surface area contributed by atoms with E-state index in [1.165, 1.54) is 31.5 Å². The van der Waals surface area contributed by atoms with Gasteiger partial charge in [-0.25, -0.2) is 4.79 Å². The summed E-state index contributed by atoms with van der Waals surface area (Å²) in [5.41, 5.74) is 1.44. The van der Waals surface area contributed by atoms with Crippen LogP contribution >= 0.6 is 0 Å². The number of aromatic hydroxyl groups is 1. The molecule has 0 saturated heterocycles. The first-order chi connectivity index (χ1) is 10.1. The minimum Gasteiger partial charge on any atom is -0.507 e. The first kappa shape index (κ1) is 14.4. The van der Waals surface area contributed by atoms with E-state index in [1.807, 2.05) is 0 Å². The molecule has 0 aromatic heterocycles. The molecule has 0 atom stereocenters. The second kappa shape index (κ2) is 6.42. The number of carbonyl (C=O) groups excluding carboxylic acids is 1. The molecule has 6 heteroatoms. The molecule has 6 nitrogen and oxygen atoms in total. The Morgan fingerprint density at radius 2 is 2.00 bits per heavy atom. The lowest BCUT2D eigenvalue weighted by Crippen LogP contribution is -1.99. The summed E-state index contributed by atoms with van der Waals surface area (Å²) in [7, 11) is 1.30. The average Bonchev–Trinajstić information content (AvgIpc) is 2.53. The number of phenols is 1. The Kier molecular flexibility index (Phi) is 4.40. The van der Waals surface area contributed by atoms with Gasteiger partial charge in [0.25, 0.3) is 0 Å². The smallest absolute Gasteiger partial charge is 0.337 e. The number of hydrogen-bond acceptors (Lipinski definition) is 6. The molecule has 0 radical (unpaired) electrons. The highest BCUT2D eigenvalue weighted by Crippen LogP contribution is 2.23. The SMILES string of the molecule is COC(=O)c1cccc(N=Cc2cc(N=O)ccc2O)c1. The number of rotatable bonds is 4. The second-order valence-electron chi connectivity index (χ2n) is 4.13. The van der Waals surface area contributed by atoms with Gasteiger partial charge >= 0.3 is 5.97 Å². The minimum atomic E-state index is -0.456. The molecular weight excluding hydrogens is 272 g/mol. The maximum Gasteiger partial charge on any atom is 0.337 e. The third kappa shape index (κ3) is 3.50. The van der Waals surface area contributed by atoms with E-state index < -0.39 is 5.97 Å². The maximum atomic E-state index is 11.4. The number of esters is 1. The maximum absolute atomic E-state index is 11.4. The van der Waals surface area contributed by atoms with E-state index >= 15 is 0 Å². The van der Waals surface area contributed by atoms with Crippen LogP contribution in [0.2, 0.25) is 0 Å². The monoisotopic (exact) mass is 284 g/mol. The summed E-state index contributed by atoms with van der Waals surface area (Å²) >= 11 is 0. The number of phenolic OH excluding ortho intramolecular Hbond substituents is 1. The van der Waals surface area contributed by atoms with Crippen LogP contribution in [-0.4, -0.2) is 24.4 Å². The molecule has 0 saturated carbocycles. The number of aliphatic imine (C=N–C) groups is 1. The molecule has 21 heavy (non-hydrogen) atoms. The third-order valence-corrected chi connectivity index (χ3v) is 2.74. The molecular formula is C15H12N2O4. The summed E-state index contributed by atoms with van der Waals surface area (Å²) in [4.78, 5) is 26.0. The van der Waals surface area contributed by atoms with Crippen molar-refractivity contribution in [2.24, 2.45) is 10.2 Å². The van der Waals surface area contributed by atoms with E-state index in [2.05, 4.69) is 14.9 Å². The van der Waals surface area contributed by atoms with E-state index in [0.29, 0.717) is 16.8 Å². The fourth-order valence-corrected chi connectivity index (χ4v) is 1.68. The van der Waals surface area contributed by atoms with Crippen LogP contribution in [0.4, 0.5) is 11.4 Å². The van der Waals surface area contributed by atoms with Crippen molar-refractivity contribution >= 4 is 23.6 Å². The Morgan fingerprint density at radius 1 is 1.19 bits per heavy atom. The third-order valence-electron chi connectivity index (χ3n) is 2.74. The van der Waals surface area contributed by atoms with Gasteiger partial charge in [0.2, 0.25) is 0 Å². The van der Waals surface area contributed by atoms with E-state index in [1.54, 1.807) is 24.3 Å². The number of benzene rings is 2. The van der Waals surface area contributed by atoms with Crippen LogP contribution in [0.3, 0.4) is 0 Å². The molecule has 106 valence electrons. The molecule has 0 spiro atoms. The fourth-order valence-electron chi connectivity index (χ4n) is 1.68. The second-order valence-corrected chi connectivity index (χ2v) is 4.13. The summed E-state index contributed by atoms with van der Waals surface area (Å²) in [6.45, 7) is 0. The normalized spacial score (nSPS) is 10.5. The average molecular weight is 284 g/mol. The number of methoxy groups -OCH3 is 1. The molecule has 0 aliphatic heterocycles. The van der Waals surface area contributed by atoms with Crippen molar-refractivity contribution < 1.29 is 14.6 Å². The lowest BCUT2D eigenvalue weighted by atomic mass is 10.2. The lowest BCUT2D eigenvalue weighted by Gasteiger charge is -2.01. The van der Waals surface area contributed by atoms with Crippen LogP contribution in [0.25, 0.3) is 0 Å². The predicted octanol–water partition coefficient (Wildman–Crippen LogP) is 3.33. The van der Waals surface area contributed by atoms with Gasteiger partial charge in [0.15, 0.2) is 0 Å². The summed E-state index contributed by atoms with van der Waals surface area (Å²) in [6, 6.07) is 10.7. The zero-order chi connectivity index (χ0) is 15.2. The molecule has 0 amide bonds. The van der Waals surface area contributed by atoms with Gasteiger partial charge in [-0.3, -0.25) is 4.99 Å². The number of nitroso groups, excluding NO2 is 1. The highest BCUT2D eigenvalue weighted by Gasteiger charge is 2.05. The Morgan fingerprint density at radius 3 is 2.71 bits per heavy atom. The molecule has 0 aliphatic rings. The molecule has 2 aromatic rings. The van der Waals surface area contributed by atoms with Crippen molar-refractivity contribution in [2.75, 3.05) is 7.11 Å². The number of nitrogens with zero attached hydrogens (tertiary/aromatic N) is 2. The van der Waals surface area contributed by atoms with Crippen LogP contribution in [0.5, 0.6) is 5.75 Å². The molecule has 2 rings (SSSR count). The largest absolute Gasteiger partial charge is 0.507 e. The quantitative estimate of drug-likeness (QED) is 0.530. The molecule has 0 heterocycles. The zero-order valence-corrected chi connectivity index (χ0v) is 11.2. The van der Waals surface area contributed by atoms with Crippen molar-refractivity contribution in [3.63, 3.8) is 0 Å². The minimum absolute atomic E-state index is 0.0183. The van der Waals surface area contributed by atoms with Crippen LogP contribution in [-0.2, 0) is 4.74 Å². The summed E-state index contributed by atoms with van der Waals surface area (Å²) in [5, 5.41) is 12.5. The highest BCUT2D eigenvalue weighted by molar-refractivity contribution is 5.91. The Bertz CT molecular complexity index is 711. The van der Waals surface area contributed by atoms with E-state index in [0.717, 1.165) is 0 Å². The van der Waals surface area contributed by atoms with E-state index in [4.69, 9.17) is 0 Å². The van der Waals surface area contributed by atoms with Crippen molar-refractivity contribution in [3.8, 4) is 5.75 Å². The highest BCUT2D eigenvalue weighted by atomic mass is 16.5. The van der Waals surface area contributed by atoms with E-state index in [9.17, 15) is 14.8 Å². The first-order valence-corrected chi connectivity index (χ1v) is 6.03. The Hall–Kier alpha value is -3.02. The van der Waals surface area contributed by atoms with Gasteiger partial charge in [-0.15, -0.1) is 4.91 Å². The Labute approximate surface area is 120 Å². The molecule has 0 aliphatic carbocycles. The Balaban J connectivity index is 2.29. The van der Waals surface area contributed by atoms with Gasteiger partial charge < -0.3 is 9.84 Å². The number of ether oxygens (including phenoxy) is 1. The first-order valence-electron chi connectivity index (χ1n) is 6.03.